The Bertz CT molecular complexity index is 798. The molecule has 4 rings (SSSR count). The Morgan fingerprint density at radius 1 is 1.04 bits per heavy atom. The van der Waals surface area contributed by atoms with Gasteiger partial charge in [-0.2, -0.15) is 0 Å². The second-order valence-corrected chi connectivity index (χ2v) is 6.40. The summed E-state index contributed by atoms with van der Waals surface area (Å²) in [6.07, 6.45) is 2.75. The van der Waals surface area contributed by atoms with Crippen molar-refractivity contribution in [3.63, 3.8) is 0 Å². The van der Waals surface area contributed by atoms with E-state index in [9.17, 15) is 8.78 Å². The minimum atomic E-state index is -0.676. The number of ether oxygens (including phenoxy) is 1. The molecule has 0 spiro atoms. The smallest absolute Gasteiger partial charge is 0.164 e. The molecule has 8 heteroatoms. The number of hydrogen-bond acceptors (Lipinski definition) is 4. The summed E-state index contributed by atoms with van der Waals surface area (Å²) in [5.74, 6) is -0.256. The average Bonchev–Trinajstić information content (AvgIpc) is 3.06. The largest absolute Gasteiger partial charge is 0.378 e. The molecule has 4 nitrogen and oxygen atoms in total. The van der Waals surface area contributed by atoms with Crippen molar-refractivity contribution in [1.82, 2.24) is 9.97 Å². The van der Waals surface area contributed by atoms with Gasteiger partial charge in [-0.05, 0) is 31.4 Å². The van der Waals surface area contributed by atoms with Crippen LogP contribution < -0.4 is 4.90 Å². The monoisotopic (exact) mass is 387 g/mol. The number of fused-ring (bicyclic) bond motifs is 1. The Morgan fingerprint density at radius 2 is 1.80 bits per heavy atom. The fourth-order valence-electron chi connectivity index (χ4n) is 3.26. The number of aromatic nitrogens is 2. The van der Waals surface area contributed by atoms with Crippen LogP contribution in [0.4, 0.5) is 14.6 Å². The first kappa shape index (κ1) is 18.3. The summed E-state index contributed by atoms with van der Waals surface area (Å²) in [6, 6.07) is 2.04. The van der Waals surface area contributed by atoms with Crippen molar-refractivity contribution in [3.05, 3.63) is 40.0 Å². The number of rotatable bonds is 2. The summed E-state index contributed by atoms with van der Waals surface area (Å²) in [7, 11) is 0. The first-order chi connectivity index (χ1) is 11.6. The van der Waals surface area contributed by atoms with Crippen LogP contribution in [0, 0.1) is 11.6 Å². The number of aryl methyl sites for hydroxylation is 1. The van der Waals surface area contributed by atoms with E-state index in [2.05, 4.69) is 14.9 Å². The molecule has 0 atom stereocenters. The quantitative estimate of drug-likeness (QED) is 0.734. The van der Waals surface area contributed by atoms with Gasteiger partial charge in [0.2, 0.25) is 0 Å². The van der Waals surface area contributed by atoms with Gasteiger partial charge in [-0.3, -0.25) is 0 Å². The molecule has 0 unspecified atom stereocenters. The van der Waals surface area contributed by atoms with Crippen LogP contribution in [0.1, 0.15) is 17.7 Å². The molecule has 2 heterocycles. The average molecular weight is 388 g/mol. The summed E-state index contributed by atoms with van der Waals surface area (Å²) in [4.78, 5) is 11.2. The van der Waals surface area contributed by atoms with Crippen LogP contribution in [0.25, 0.3) is 11.4 Å². The zero-order chi connectivity index (χ0) is 16.7. The van der Waals surface area contributed by atoms with Gasteiger partial charge in [0.15, 0.2) is 5.82 Å². The number of hydrogen-bond donors (Lipinski definition) is 0. The van der Waals surface area contributed by atoms with Crippen molar-refractivity contribution in [1.29, 1.82) is 0 Å². The highest BCUT2D eigenvalue weighted by Gasteiger charge is 2.25. The van der Waals surface area contributed by atoms with Crippen molar-refractivity contribution in [2.45, 2.75) is 19.3 Å². The Labute approximate surface area is 155 Å². The first-order valence-corrected chi connectivity index (χ1v) is 8.38. The predicted molar refractivity (Wildman–Crippen MR) is 94.7 cm³/mol. The number of halogens is 4. The summed E-state index contributed by atoms with van der Waals surface area (Å²) >= 11 is 5.64. The summed E-state index contributed by atoms with van der Waals surface area (Å²) < 4.78 is 33.5. The van der Waals surface area contributed by atoms with E-state index in [1.54, 1.807) is 0 Å². The number of nitrogens with zero attached hydrogens (tertiary/aromatic N) is 3. The molecule has 0 bridgehead atoms. The fraction of sp³-hybridized carbons (Fsp3) is 0.412. The lowest BCUT2D eigenvalue weighted by Crippen LogP contribution is -2.37. The third kappa shape index (κ3) is 3.43. The van der Waals surface area contributed by atoms with Crippen LogP contribution in [0.5, 0.6) is 0 Å². The number of morpholine rings is 1. The fourth-order valence-corrected chi connectivity index (χ4v) is 3.41. The van der Waals surface area contributed by atoms with Crippen LogP contribution >= 0.6 is 24.0 Å². The Balaban J connectivity index is 0.00000182. The molecule has 134 valence electrons. The van der Waals surface area contributed by atoms with Gasteiger partial charge in [0.1, 0.15) is 17.5 Å². The van der Waals surface area contributed by atoms with Crippen LogP contribution in [-0.4, -0.2) is 36.3 Å². The molecule has 2 aromatic rings. The molecule has 25 heavy (non-hydrogen) atoms. The number of benzene rings is 1. The minimum Gasteiger partial charge on any atom is -0.378 e. The Hall–Kier alpha value is -1.50. The summed E-state index contributed by atoms with van der Waals surface area (Å²) in [6.45, 7) is 2.75. The van der Waals surface area contributed by atoms with Crippen LogP contribution in [0.2, 0.25) is 5.02 Å². The summed E-state index contributed by atoms with van der Waals surface area (Å²) in [5, 5.41) is -0.245. The highest BCUT2D eigenvalue weighted by Crippen LogP contribution is 2.33. The molecule has 0 amide bonds. The lowest BCUT2D eigenvalue weighted by molar-refractivity contribution is 0.122. The zero-order valence-corrected chi connectivity index (χ0v) is 15.0. The van der Waals surface area contributed by atoms with Gasteiger partial charge in [-0.1, -0.05) is 11.6 Å². The molecule has 1 aromatic heterocycles. The lowest BCUT2D eigenvalue weighted by Gasteiger charge is -2.29. The Morgan fingerprint density at radius 3 is 2.56 bits per heavy atom. The van der Waals surface area contributed by atoms with E-state index in [0.717, 1.165) is 61.6 Å². The van der Waals surface area contributed by atoms with Crippen molar-refractivity contribution >= 4 is 29.8 Å². The van der Waals surface area contributed by atoms with Crippen molar-refractivity contribution in [2.24, 2.45) is 0 Å². The molecule has 0 radical (unpaired) electrons. The van der Waals surface area contributed by atoms with Gasteiger partial charge in [-0.15, -0.1) is 12.4 Å². The zero-order valence-electron chi connectivity index (χ0n) is 13.4. The van der Waals surface area contributed by atoms with Gasteiger partial charge in [0.05, 0.1) is 23.8 Å². The maximum Gasteiger partial charge on any atom is 0.164 e. The van der Waals surface area contributed by atoms with Crippen molar-refractivity contribution < 1.29 is 13.5 Å². The summed E-state index contributed by atoms with van der Waals surface area (Å²) in [5.41, 5.74) is 2.09. The van der Waals surface area contributed by atoms with E-state index in [4.69, 9.17) is 16.3 Å². The molecule has 1 aliphatic heterocycles. The SMILES string of the molecule is Cl.Fc1cc(-c2nc3c(c(N4CCOCC4)n2)CCC3)c(F)cc1Cl. The third-order valence-electron chi connectivity index (χ3n) is 4.47. The van der Waals surface area contributed by atoms with E-state index in [0.29, 0.717) is 13.2 Å². The Kier molecular flexibility index (Phi) is 5.41. The van der Waals surface area contributed by atoms with Crippen molar-refractivity contribution in [3.8, 4) is 11.4 Å². The van der Waals surface area contributed by atoms with E-state index >= 15 is 0 Å². The van der Waals surface area contributed by atoms with E-state index < -0.39 is 11.6 Å². The molecule has 1 aromatic carbocycles. The molecule has 2 aliphatic rings. The second-order valence-electron chi connectivity index (χ2n) is 6.00. The van der Waals surface area contributed by atoms with Gasteiger partial charge in [0.25, 0.3) is 0 Å². The van der Waals surface area contributed by atoms with Gasteiger partial charge in [-0.25, -0.2) is 18.7 Å². The maximum atomic E-state index is 14.3. The molecular formula is C17H17Cl2F2N3O. The molecule has 1 aliphatic carbocycles. The molecule has 1 fully saturated rings. The van der Waals surface area contributed by atoms with Gasteiger partial charge >= 0.3 is 0 Å². The van der Waals surface area contributed by atoms with Crippen LogP contribution in [-0.2, 0) is 17.6 Å². The van der Waals surface area contributed by atoms with Crippen molar-refractivity contribution in [2.75, 3.05) is 31.2 Å². The predicted octanol–water partition coefficient (Wildman–Crippen LogP) is 3.82. The molecule has 0 N–H and O–H groups in total. The van der Waals surface area contributed by atoms with Gasteiger partial charge < -0.3 is 9.64 Å². The van der Waals surface area contributed by atoms with Crippen LogP contribution in [0.15, 0.2) is 12.1 Å². The first-order valence-electron chi connectivity index (χ1n) is 8.01. The topological polar surface area (TPSA) is 38.2 Å². The molecular weight excluding hydrogens is 371 g/mol. The minimum absolute atomic E-state index is 0. The second kappa shape index (κ2) is 7.40. The third-order valence-corrected chi connectivity index (χ3v) is 4.76. The highest BCUT2D eigenvalue weighted by molar-refractivity contribution is 6.30. The van der Waals surface area contributed by atoms with E-state index in [1.807, 2.05) is 0 Å². The molecule has 1 saturated heterocycles. The standard InChI is InChI=1S/C17H16ClF2N3O.ClH/c18-12-9-13(19)11(8-14(12)20)16-21-15-3-1-2-10(15)17(22-16)23-4-6-24-7-5-23;/h8-9H,1-7H2;1H. The van der Waals surface area contributed by atoms with Crippen LogP contribution in [0.3, 0.4) is 0 Å². The van der Waals surface area contributed by atoms with Gasteiger partial charge in [0, 0.05) is 24.3 Å². The lowest BCUT2D eigenvalue weighted by atomic mass is 10.1. The highest BCUT2D eigenvalue weighted by atomic mass is 35.5. The normalized spacial score (nSPS) is 16.5. The van der Waals surface area contributed by atoms with E-state index in [-0.39, 0.29) is 28.8 Å². The number of anilines is 1. The van der Waals surface area contributed by atoms with E-state index in [1.165, 1.54) is 0 Å². The molecule has 0 saturated carbocycles. The maximum absolute atomic E-state index is 14.3.